The number of carbonyl (C=O) groups excluding carboxylic acids is 1. The zero-order valence-electron chi connectivity index (χ0n) is 10.0. The van der Waals surface area contributed by atoms with Gasteiger partial charge in [0.25, 0.3) is 0 Å². The topological polar surface area (TPSA) is 23.6 Å². The van der Waals surface area contributed by atoms with Crippen molar-refractivity contribution < 1.29 is 4.79 Å². The first-order valence-electron chi connectivity index (χ1n) is 5.48. The van der Waals surface area contributed by atoms with Crippen LogP contribution in [0.2, 0.25) is 0 Å². The van der Waals surface area contributed by atoms with E-state index in [0.717, 1.165) is 38.9 Å². The molecule has 0 N–H and O–H groups in total. The zero-order valence-corrected chi connectivity index (χ0v) is 10.0. The number of hydrogen-bond acceptors (Lipinski definition) is 2. The van der Waals surface area contributed by atoms with Crippen LogP contribution < -0.4 is 0 Å². The minimum atomic E-state index is 0.206. The Hall–Kier alpha value is -0.570. The van der Waals surface area contributed by atoms with Crippen LogP contribution in [0, 0.1) is 0 Å². The van der Waals surface area contributed by atoms with Crippen LogP contribution >= 0.6 is 0 Å². The van der Waals surface area contributed by atoms with E-state index in [1.54, 1.807) is 6.92 Å². The third-order valence-electron chi connectivity index (χ3n) is 2.26. The molecule has 0 spiro atoms. The Morgan fingerprint density at radius 1 is 1.07 bits per heavy atom. The molecule has 0 bridgehead atoms. The molecule has 0 aliphatic rings. The van der Waals surface area contributed by atoms with Crippen LogP contribution in [0.1, 0.15) is 33.1 Å². The van der Waals surface area contributed by atoms with E-state index in [1.165, 1.54) is 0 Å². The molecule has 0 unspecified atom stereocenters. The Morgan fingerprint density at radius 3 is 2.07 bits per heavy atom. The monoisotopic (exact) mass is 200 g/mol. The summed E-state index contributed by atoms with van der Waals surface area (Å²) in [5, 5.41) is 0. The van der Waals surface area contributed by atoms with E-state index in [2.05, 4.69) is 25.9 Å². The van der Waals surface area contributed by atoms with Crippen LogP contribution in [0.5, 0.6) is 0 Å². The summed E-state index contributed by atoms with van der Waals surface area (Å²) in [5.74, 6) is 0.206. The zero-order chi connectivity index (χ0) is 11.0. The number of nitrogens with zero attached hydrogens (tertiary/aromatic N) is 2. The van der Waals surface area contributed by atoms with E-state index in [4.69, 9.17) is 0 Å². The normalized spacial score (nSPS) is 10.6. The van der Waals surface area contributed by atoms with Gasteiger partial charge in [0, 0.05) is 20.0 Å². The van der Waals surface area contributed by atoms with Crippen LogP contribution in [-0.4, -0.2) is 49.4 Å². The van der Waals surface area contributed by atoms with Gasteiger partial charge < -0.3 is 9.80 Å². The van der Waals surface area contributed by atoms with Crippen molar-refractivity contribution in [1.82, 2.24) is 9.80 Å². The van der Waals surface area contributed by atoms with Gasteiger partial charge in [-0.3, -0.25) is 4.79 Å². The second-order valence-electron chi connectivity index (χ2n) is 4.02. The van der Waals surface area contributed by atoms with Crippen molar-refractivity contribution in [3.05, 3.63) is 0 Å². The molecular formula is C11H24N2O. The van der Waals surface area contributed by atoms with E-state index in [0.29, 0.717) is 0 Å². The summed E-state index contributed by atoms with van der Waals surface area (Å²) in [6, 6.07) is 0. The summed E-state index contributed by atoms with van der Waals surface area (Å²) in [4.78, 5) is 15.3. The lowest BCUT2D eigenvalue weighted by Crippen LogP contribution is -2.32. The molecule has 1 amide bonds. The lowest BCUT2D eigenvalue weighted by atomic mass is 10.3. The predicted molar refractivity (Wildman–Crippen MR) is 60.3 cm³/mol. The van der Waals surface area contributed by atoms with Gasteiger partial charge in [0.1, 0.15) is 0 Å². The molecule has 3 nitrogen and oxygen atoms in total. The van der Waals surface area contributed by atoms with Crippen LogP contribution in [0.25, 0.3) is 0 Å². The number of carbonyl (C=O) groups is 1. The first-order chi connectivity index (χ1) is 6.57. The third-order valence-corrected chi connectivity index (χ3v) is 2.26. The van der Waals surface area contributed by atoms with Crippen molar-refractivity contribution >= 4 is 5.91 Å². The van der Waals surface area contributed by atoms with E-state index >= 15 is 0 Å². The smallest absolute Gasteiger partial charge is 0.219 e. The van der Waals surface area contributed by atoms with Gasteiger partial charge in [-0.25, -0.2) is 0 Å². The molecule has 0 heterocycles. The maximum Gasteiger partial charge on any atom is 0.219 e. The molecule has 0 atom stereocenters. The van der Waals surface area contributed by atoms with Crippen molar-refractivity contribution in [2.24, 2.45) is 0 Å². The molecule has 14 heavy (non-hydrogen) atoms. The Bertz CT molecular complexity index is 157. The second-order valence-corrected chi connectivity index (χ2v) is 4.02. The lowest BCUT2D eigenvalue weighted by molar-refractivity contribution is -0.129. The molecule has 0 saturated carbocycles. The molecule has 0 saturated heterocycles. The Morgan fingerprint density at radius 2 is 1.64 bits per heavy atom. The van der Waals surface area contributed by atoms with Crippen LogP contribution in [0.15, 0.2) is 0 Å². The molecule has 0 fully saturated rings. The summed E-state index contributed by atoms with van der Waals surface area (Å²) in [5.41, 5.74) is 0. The number of amides is 1. The van der Waals surface area contributed by atoms with Gasteiger partial charge in [0.2, 0.25) is 5.91 Å². The second kappa shape index (κ2) is 7.80. The molecule has 0 aromatic rings. The lowest BCUT2D eigenvalue weighted by Gasteiger charge is -2.21. The van der Waals surface area contributed by atoms with Crippen molar-refractivity contribution in [2.45, 2.75) is 33.1 Å². The van der Waals surface area contributed by atoms with Crippen molar-refractivity contribution in [3.63, 3.8) is 0 Å². The SMILES string of the molecule is CCCCN(CCCN(C)C)C(C)=O. The van der Waals surface area contributed by atoms with Crippen molar-refractivity contribution in [3.8, 4) is 0 Å². The molecular weight excluding hydrogens is 176 g/mol. The van der Waals surface area contributed by atoms with Gasteiger partial charge in [0.15, 0.2) is 0 Å². The number of unbranched alkanes of at least 4 members (excludes halogenated alkanes) is 1. The molecule has 0 aliphatic carbocycles. The first-order valence-corrected chi connectivity index (χ1v) is 5.48. The summed E-state index contributed by atoms with van der Waals surface area (Å²) >= 11 is 0. The average Bonchev–Trinajstić information content (AvgIpc) is 2.09. The van der Waals surface area contributed by atoms with Gasteiger partial charge in [-0.2, -0.15) is 0 Å². The van der Waals surface area contributed by atoms with Gasteiger partial charge in [-0.15, -0.1) is 0 Å². The summed E-state index contributed by atoms with van der Waals surface area (Å²) in [7, 11) is 4.12. The number of hydrogen-bond donors (Lipinski definition) is 0. The molecule has 0 aromatic heterocycles. The third kappa shape index (κ3) is 6.89. The maximum absolute atomic E-state index is 11.2. The summed E-state index contributed by atoms with van der Waals surface area (Å²) in [6.45, 7) is 6.67. The molecule has 84 valence electrons. The number of rotatable bonds is 7. The fraction of sp³-hybridized carbons (Fsp3) is 0.909. The standard InChI is InChI=1S/C11H24N2O/c1-5-6-9-13(11(2)14)10-7-8-12(3)4/h5-10H2,1-4H3. The van der Waals surface area contributed by atoms with Crippen molar-refractivity contribution in [2.75, 3.05) is 33.7 Å². The summed E-state index contributed by atoms with van der Waals surface area (Å²) < 4.78 is 0. The Balaban J connectivity index is 3.68. The van der Waals surface area contributed by atoms with Crippen LogP contribution in [0.3, 0.4) is 0 Å². The Kier molecular flexibility index (Phi) is 7.48. The quantitative estimate of drug-likeness (QED) is 0.623. The minimum Gasteiger partial charge on any atom is -0.343 e. The highest BCUT2D eigenvalue weighted by Gasteiger charge is 2.06. The van der Waals surface area contributed by atoms with E-state index in [9.17, 15) is 4.79 Å². The summed E-state index contributed by atoms with van der Waals surface area (Å²) in [6.07, 6.45) is 3.33. The van der Waals surface area contributed by atoms with E-state index in [1.807, 2.05) is 4.90 Å². The molecule has 3 heteroatoms. The van der Waals surface area contributed by atoms with Gasteiger partial charge in [-0.1, -0.05) is 13.3 Å². The van der Waals surface area contributed by atoms with Crippen LogP contribution in [0.4, 0.5) is 0 Å². The Labute approximate surface area is 88.1 Å². The highest BCUT2D eigenvalue weighted by atomic mass is 16.2. The largest absolute Gasteiger partial charge is 0.343 e. The van der Waals surface area contributed by atoms with E-state index in [-0.39, 0.29) is 5.91 Å². The van der Waals surface area contributed by atoms with Gasteiger partial charge in [-0.05, 0) is 33.5 Å². The van der Waals surface area contributed by atoms with Gasteiger partial charge >= 0.3 is 0 Å². The fourth-order valence-corrected chi connectivity index (χ4v) is 1.35. The minimum absolute atomic E-state index is 0.206. The molecule has 0 aliphatic heterocycles. The first kappa shape index (κ1) is 13.4. The predicted octanol–water partition coefficient (Wildman–Crippen LogP) is 1.59. The average molecular weight is 200 g/mol. The highest BCUT2D eigenvalue weighted by Crippen LogP contribution is 1.98. The van der Waals surface area contributed by atoms with Crippen molar-refractivity contribution in [1.29, 1.82) is 0 Å². The maximum atomic E-state index is 11.2. The van der Waals surface area contributed by atoms with Gasteiger partial charge in [0.05, 0.1) is 0 Å². The van der Waals surface area contributed by atoms with E-state index < -0.39 is 0 Å². The molecule has 0 rings (SSSR count). The highest BCUT2D eigenvalue weighted by molar-refractivity contribution is 5.73. The molecule has 0 radical (unpaired) electrons. The fourth-order valence-electron chi connectivity index (χ4n) is 1.35. The molecule has 0 aromatic carbocycles. The van der Waals surface area contributed by atoms with Crippen LogP contribution in [-0.2, 0) is 4.79 Å².